The van der Waals surface area contributed by atoms with Crippen LogP contribution < -0.4 is 20.1 Å². The van der Waals surface area contributed by atoms with Gasteiger partial charge in [-0.2, -0.15) is 0 Å². The molecule has 1 aromatic carbocycles. The predicted molar refractivity (Wildman–Crippen MR) is 94.7 cm³/mol. The number of hydrogen-bond donors (Lipinski definition) is 2. The molecule has 2 heterocycles. The molecule has 1 fully saturated rings. The monoisotopic (exact) mass is 341 g/mol. The number of ether oxygens (including phenoxy) is 2. The fourth-order valence-corrected chi connectivity index (χ4v) is 2.59. The highest BCUT2D eigenvalue weighted by Crippen LogP contribution is 2.23. The second-order valence-electron chi connectivity index (χ2n) is 6.21. The fourth-order valence-electron chi connectivity index (χ4n) is 2.59. The maximum Gasteiger partial charge on any atom is 0.223 e. The molecule has 0 bridgehead atoms. The van der Waals surface area contributed by atoms with Crippen molar-refractivity contribution in [1.29, 1.82) is 0 Å². The molecule has 25 heavy (non-hydrogen) atoms. The average Bonchev–Trinajstić information content (AvgIpc) is 2.59. The Morgan fingerprint density at radius 3 is 2.76 bits per heavy atom. The molecule has 1 unspecified atom stereocenters. The van der Waals surface area contributed by atoms with Gasteiger partial charge in [-0.25, -0.2) is 4.98 Å². The Kier molecular flexibility index (Phi) is 5.50. The van der Waals surface area contributed by atoms with Gasteiger partial charge in [0.25, 0.3) is 0 Å². The Balaban J connectivity index is 1.52. The summed E-state index contributed by atoms with van der Waals surface area (Å²) in [6, 6.07) is 11.0. The molecule has 1 amide bonds. The number of pyridine rings is 1. The van der Waals surface area contributed by atoms with Gasteiger partial charge in [-0.05, 0) is 36.7 Å². The number of carbonyl (C=O) groups is 1. The van der Waals surface area contributed by atoms with Crippen molar-refractivity contribution < 1.29 is 14.3 Å². The van der Waals surface area contributed by atoms with Crippen LogP contribution >= 0.6 is 0 Å². The minimum Gasteiger partial charge on any atom is -0.497 e. The summed E-state index contributed by atoms with van der Waals surface area (Å²) in [5, 5.41) is 6.16. The van der Waals surface area contributed by atoms with Gasteiger partial charge in [0.1, 0.15) is 11.5 Å². The highest BCUT2D eigenvalue weighted by atomic mass is 16.5. The molecule has 6 nitrogen and oxygen atoms in total. The summed E-state index contributed by atoms with van der Waals surface area (Å²) >= 11 is 0. The number of nitrogens with zero attached hydrogens (tertiary/aromatic N) is 1. The normalized spacial score (nSPS) is 15.1. The number of carbonyl (C=O) groups excluding carboxylic acids is 1. The van der Waals surface area contributed by atoms with Crippen LogP contribution in [0.25, 0.3) is 0 Å². The first-order valence-corrected chi connectivity index (χ1v) is 8.41. The Bertz CT molecular complexity index is 714. The summed E-state index contributed by atoms with van der Waals surface area (Å²) in [7, 11) is 1.61. The van der Waals surface area contributed by atoms with Crippen molar-refractivity contribution in [3.05, 3.63) is 48.2 Å². The van der Waals surface area contributed by atoms with Crippen molar-refractivity contribution in [2.24, 2.45) is 11.8 Å². The quantitative estimate of drug-likeness (QED) is 0.809. The number of rotatable bonds is 7. The smallest absolute Gasteiger partial charge is 0.223 e. The van der Waals surface area contributed by atoms with Gasteiger partial charge in [0.2, 0.25) is 11.8 Å². The van der Waals surface area contributed by atoms with E-state index in [0.717, 1.165) is 24.4 Å². The molecule has 132 valence electrons. The first-order valence-electron chi connectivity index (χ1n) is 8.41. The fraction of sp³-hybridized carbons (Fsp3) is 0.368. The average molecular weight is 341 g/mol. The zero-order valence-corrected chi connectivity index (χ0v) is 14.5. The lowest BCUT2D eigenvalue weighted by molar-refractivity contribution is -0.126. The molecule has 0 spiro atoms. The van der Waals surface area contributed by atoms with Crippen LogP contribution in [0, 0.1) is 11.8 Å². The highest BCUT2D eigenvalue weighted by Gasteiger charge is 2.28. The summed E-state index contributed by atoms with van der Waals surface area (Å²) in [5.41, 5.74) is 0.935. The molecule has 0 radical (unpaired) electrons. The van der Waals surface area contributed by atoms with Crippen molar-refractivity contribution in [2.45, 2.75) is 13.5 Å². The summed E-state index contributed by atoms with van der Waals surface area (Å²) in [5.74, 6) is 2.45. The number of methoxy groups -OCH3 is 1. The second-order valence-corrected chi connectivity index (χ2v) is 6.21. The number of hydrogen-bond acceptors (Lipinski definition) is 5. The van der Waals surface area contributed by atoms with E-state index in [2.05, 4.69) is 15.6 Å². The van der Waals surface area contributed by atoms with Crippen LogP contribution in [-0.4, -0.2) is 31.1 Å². The third-order valence-corrected chi connectivity index (χ3v) is 4.46. The van der Waals surface area contributed by atoms with Gasteiger partial charge in [0, 0.05) is 30.8 Å². The summed E-state index contributed by atoms with van der Waals surface area (Å²) in [4.78, 5) is 16.4. The first-order chi connectivity index (χ1) is 12.2. The molecule has 0 saturated carbocycles. The molecule has 1 aliphatic heterocycles. The molecule has 1 atom stereocenters. The number of amides is 1. The lowest BCUT2D eigenvalue weighted by Crippen LogP contribution is -2.49. The maximum absolute atomic E-state index is 12.1. The number of aromatic nitrogens is 1. The van der Waals surface area contributed by atoms with Crippen molar-refractivity contribution in [1.82, 2.24) is 15.6 Å². The largest absolute Gasteiger partial charge is 0.497 e. The van der Waals surface area contributed by atoms with E-state index in [1.165, 1.54) is 0 Å². The molecular weight excluding hydrogens is 318 g/mol. The summed E-state index contributed by atoms with van der Waals surface area (Å²) in [6.07, 6.45) is 1.71. The molecule has 1 aromatic heterocycles. The molecule has 3 rings (SSSR count). The Labute approximate surface area is 147 Å². The topological polar surface area (TPSA) is 72.5 Å². The zero-order chi connectivity index (χ0) is 17.6. The molecule has 1 saturated heterocycles. The van der Waals surface area contributed by atoms with E-state index in [-0.39, 0.29) is 11.8 Å². The van der Waals surface area contributed by atoms with Gasteiger partial charge in [0.05, 0.1) is 7.11 Å². The molecular formula is C19H23N3O3. The van der Waals surface area contributed by atoms with Crippen molar-refractivity contribution >= 4 is 5.91 Å². The van der Waals surface area contributed by atoms with Crippen LogP contribution in [0.5, 0.6) is 17.4 Å². The van der Waals surface area contributed by atoms with Crippen molar-refractivity contribution in [2.75, 3.05) is 20.2 Å². The molecule has 0 aliphatic carbocycles. The predicted octanol–water partition coefficient (Wildman–Crippen LogP) is 2.35. The standard InChI is InChI=1S/C19H23N3O3/c1-13(15-11-20-12-15)19(23)22-10-14-6-7-18(21-9-14)25-17-5-3-4-16(8-17)24-2/h3-9,13,15,20H,10-12H2,1-2H3,(H,22,23). The van der Waals surface area contributed by atoms with E-state index in [1.807, 2.05) is 31.2 Å². The third kappa shape index (κ3) is 4.48. The Hall–Kier alpha value is -2.60. The summed E-state index contributed by atoms with van der Waals surface area (Å²) < 4.78 is 10.9. The van der Waals surface area contributed by atoms with Gasteiger partial charge in [0.15, 0.2) is 0 Å². The van der Waals surface area contributed by atoms with E-state index < -0.39 is 0 Å². The lowest BCUT2D eigenvalue weighted by Gasteiger charge is -2.31. The number of nitrogens with one attached hydrogen (secondary N) is 2. The highest BCUT2D eigenvalue weighted by molar-refractivity contribution is 5.78. The van der Waals surface area contributed by atoms with Crippen molar-refractivity contribution in [3.63, 3.8) is 0 Å². The minimum atomic E-state index is 0.0323. The molecule has 1 aliphatic rings. The second kappa shape index (κ2) is 7.98. The van der Waals surface area contributed by atoms with Gasteiger partial charge < -0.3 is 20.1 Å². The van der Waals surface area contributed by atoms with E-state index in [9.17, 15) is 4.79 Å². The van der Waals surface area contributed by atoms with Gasteiger partial charge in [-0.15, -0.1) is 0 Å². The van der Waals surface area contributed by atoms with Crippen LogP contribution in [0.2, 0.25) is 0 Å². The van der Waals surface area contributed by atoms with Gasteiger partial charge >= 0.3 is 0 Å². The Morgan fingerprint density at radius 2 is 2.12 bits per heavy atom. The van der Waals surface area contributed by atoms with E-state index >= 15 is 0 Å². The van der Waals surface area contributed by atoms with Crippen LogP contribution in [0.1, 0.15) is 12.5 Å². The SMILES string of the molecule is COc1cccc(Oc2ccc(CNC(=O)C(C)C3CNC3)cn2)c1. The molecule has 6 heteroatoms. The van der Waals surface area contributed by atoms with E-state index in [4.69, 9.17) is 9.47 Å². The van der Waals surface area contributed by atoms with Crippen LogP contribution in [-0.2, 0) is 11.3 Å². The molecule has 2 N–H and O–H groups in total. The molecule has 2 aromatic rings. The number of benzene rings is 1. The van der Waals surface area contributed by atoms with Crippen LogP contribution in [0.15, 0.2) is 42.6 Å². The maximum atomic E-state index is 12.1. The van der Waals surface area contributed by atoms with Crippen LogP contribution in [0.3, 0.4) is 0 Å². The van der Waals surface area contributed by atoms with Crippen LogP contribution in [0.4, 0.5) is 0 Å². The zero-order valence-electron chi connectivity index (χ0n) is 14.5. The Morgan fingerprint density at radius 1 is 1.32 bits per heavy atom. The van der Waals surface area contributed by atoms with E-state index in [1.54, 1.807) is 25.4 Å². The van der Waals surface area contributed by atoms with Gasteiger partial charge in [-0.3, -0.25) is 4.79 Å². The minimum absolute atomic E-state index is 0.0323. The third-order valence-electron chi connectivity index (χ3n) is 4.46. The van der Waals surface area contributed by atoms with Crippen molar-refractivity contribution in [3.8, 4) is 17.4 Å². The first kappa shape index (κ1) is 17.2. The summed E-state index contributed by atoms with van der Waals surface area (Å²) in [6.45, 7) is 4.29. The van der Waals surface area contributed by atoms with Gasteiger partial charge in [-0.1, -0.05) is 19.1 Å². The lowest BCUT2D eigenvalue weighted by atomic mass is 9.88. The van der Waals surface area contributed by atoms with E-state index in [0.29, 0.717) is 24.1 Å².